The topological polar surface area (TPSA) is 119 Å². The van der Waals surface area contributed by atoms with E-state index in [4.69, 9.17) is 9.94 Å². The summed E-state index contributed by atoms with van der Waals surface area (Å²) < 4.78 is 5.71. The first-order chi connectivity index (χ1) is 11.4. The van der Waals surface area contributed by atoms with Crippen LogP contribution in [0.1, 0.15) is 17.5 Å². The molecule has 3 rings (SSSR count). The molecule has 0 saturated carbocycles. The second-order valence-electron chi connectivity index (χ2n) is 5.47. The van der Waals surface area contributed by atoms with Crippen molar-refractivity contribution in [2.24, 2.45) is 0 Å². The van der Waals surface area contributed by atoms with Crippen molar-refractivity contribution in [2.45, 2.75) is 12.0 Å². The van der Waals surface area contributed by atoms with Gasteiger partial charge < -0.3 is 20.1 Å². The van der Waals surface area contributed by atoms with Gasteiger partial charge >= 0.3 is 0 Å². The van der Waals surface area contributed by atoms with Crippen LogP contribution in [0.2, 0.25) is 0 Å². The summed E-state index contributed by atoms with van der Waals surface area (Å²) in [6.45, 7) is 0. The Morgan fingerprint density at radius 3 is 2.42 bits per heavy atom. The molecule has 2 aromatic carbocycles. The molecule has 1 aliphatic heterocycles. The first kappa shape index (κ1) is 15.9. The third-order valence-corrected chi connectivity index (χ3v) is 3.73. The Labute approximate surface area is 137 Å². The van der Waals surface area contributed by atoms with Gasteiger partial charge in [0.1, 0.15) is 28.6 Å². The molecule has 1 aliphatic rings. The molecule has 24 heavy (non-hydrogen) atoms. The number of carbonyl (C=O) groups is 1. The fourth-order valence-corrected chi connectivity index (χ4v) is 2.59. The molecule has 0 saturated heterocycles. The Morgan fingerprint density at radius 2 is 1.75 bits per heavy atom. The summed E-state index contributed by atoms with van der Waals surface area (Å²) in [7, 11) is 0. The molecule has 0 radical (unpaired) electrons. The third kappa shape index (κ3) is 2.90. The lowest BCUT2D eigenvalue weighted by atomic mass is 9.86. The molecule has 2 aromatic rings. The zero-order valence-electron chi connectivity index (χ0n) is 12.4. The van der Waals surface area contributed by atoms with E-state index in [1.54, 1.807) is 12.1 Å². The van der Waals surface area contributed by atoms with E-state index in [-0.39, 0.29) is 28.6 Å². The molecule has 0 aliphatic carbocycles. The van der Waals surface area contributed by atoms with Crippen molar-refractivity contribution in [2.75, 3.05) is 0 Å². The second-order valence-corrected chi connectivity index (χ2v) is 5.47. The molecule has 0 aromatic heterocycles. The number of phenols is 2. The van der Waals surface area contributed by atoms with Gasteiger partial charge in [-0.15, -0.1) is 0 Å². The zero-order chi connectivity index (χ0) is 17.3. The van der Waals surface area contributed by atoms with E-state index in [1.165, 1.54) is 41.9 Å². The van der Waals surface area contributed by atoms with Gasteiger partial charge in [-0.05, 0) is 42.5 Å². The van der Waals surface area contributed by atoms with E-state index in [2.05, 4.69) is 0 Å². The minimum absolute atomic E-state index is 0.0605. The average Bonchev–Trinajstić information content (AvgIpc) is 2.54. The monoisotopic (exact) mass is 329 g/mol. The van der Waals surface area contributed by atoms with Crippen LogP contribution in [0.5, 0.6) is 17.2 Å². The van der Waals surface area contributed by atoms with Gasteiger partial charge in [-0.25, -0.2) is 5.48 Å². The van der Waals surface area contributed by atoms with Crippen LogP contribution in [0.3, 0.4) is 0 Å². The van der Waals surface area contributed by atoms with Crippen molar-refractivity contribution in [3.8, 4) is 17.2 Å². The van der Waals surface area contributed by atoms with Crippen LogP contribution >= 0.6 is 0 Å². The molecule has 124 valence electrons. The summed E-state index contributed by atoms with van der Waals surface area (Å²) in [6, 6.07) is 10.2. The Balaban J connectivity index is 2.10. The molecule has 0 fully saturated rings. The Hall–Kier alpha value is -3.03. The zero-order valence-corrected chi connectivity index (χ0v) is 12.4. The Kier molecular flexibility index (Phi) is 3.88. The number of phenolic OH excluding ortho intramolecular Hbond substituents is 2. The molecular weight excluding hydrogens is 314 g/mol. The number of fused-ring (bicyclic) bond motifs is 1. The van der Waals surface area contributed by atoms with E-state index in [1.807, 2.05) is 0 Å². The first-order valence-electron chi connectivity index (χ1n) is 7.10. The van der Waals surface area contributed by atoms with Crippen LogP contribution in [-0.2, 0) is 10.4 Å². The molecule has 1 atom stereocenters. The standard InChI is InChI=1S/C17H15NO6/c19-11-3-1-10(2-4-11)15-8-17(22,9-16(21)18-23)13-6-5-12(20)7-14(13)24-15/h1-8,19-20,22-23H,9H2,(H,18,21). The van der Waals surface area contributed by atoms with Gasteiger partial charge in [-0.1, -0.05) is 0 Å². The number of ether oxygens (including phenoxy) is 1. The van der Waals surface area contributed by atoms with Crippen molar-refractivity contribution in [1.82, 2.24) is 5.48 Å². The fourth-order valence-electron chi connectivity index (χ4n) is 2.59. The van der Waals surface area contributed by atoms with Gasteiger partial charge in [-0.3, -0.25) is 10.0 Å². The van der Waals surface area contributed by atoms with Gasteiger partial charge in [0.05, 0.1) is 6.42 Å². The summed E-state index contributed by atoms with van der Waals surface area (Å²) in [6.07, 6.45) is 0.917. The van der Waals surface area contributed by atoms with E-state index >= 15 is 0 Å². The molecule has 7 heteroatoms. The van der Waals surface area contributed by atoms with Gasteiger partial charge in [0.25, 0.3) is 0 Å². The van der Waals surface area contributed by atoms with Crippen LogP contribution in [0, 0.1) is 0 Å². The summed E-state index contributed by atoms with van der Waals surface area (Å²) in [4.78, 5) is 11.6. The van der Waals surface area contributed by atoms with Crippen molar-refractivity contribution < 1.29 is 30.1 Å². The number of rotatable bonds is 3. The molecular formula is C17H15NO6. The van der Waals surface area contributed by atoms with Crippen LogP contribution in [-0.4, -0.2) is 26.4 Å². The van der Waals surface area contributed by atoms with Gasteiger partial charge in [-0.2, -0.15) is 0 Å². The van der Waals surface area contributed by atoms with Gasteiger partial charge in [0, 0.05) is 17.2 Å². The first-order valence-corrected chi connectivity index (χ1v) is 7.10. The lowest BCUT2D eigenvalue weighted by molar-refractivity contribution is -0.133. The highest BCUT2D eigenvalue weighted by atomic mass is 16.5. The maximum absolute atomic E-state index is 11.6. The number of aliphatic hydroxyl groups is 1. The van der Waals surface area contributed by atoms with Crippen LogP contribution in [0.15, 0.2) is 48.5 Å². The second kappa shape index (κ2) is 5.88. The van der Waals surface area contributed by atoms with Gasteiger partial charge in [0.2, 0.25) is 5.91 Å². The van der Waals surface area contributed by atoms with Crippen molar-refractivity contribution in [3.05, 3.63) is 59.7 Å². The summed E-state index contributed by atoms with van der Waals surface area (Å²) >= 11 is 0. The Morgan fingerprint density at radius 1 is 1.08 bits per heavy atom. The predicted molar refractivity (Wildman–Crippen MR) is 83.3 cm³/mol. The maximum atomic E-state index is 11.6. The Bertz CT molecular complexity index is 814. The molecule has 7 nitrogen and oxygen atoms in total. The third-order valence-electron chi connectivity index (χ3n) is 3.73. The number of amides is 1. The normalized spacial score (nSPS) is 19.0. The van der Waals surface area contributed by atoms with Crippen LogP contribution in [0.4, 0.5) is 0 Å². The lowest BCUT2D eigenvalue weighted by Crippen LogP contribution is -2.34. The number of nitrogens with one attached hydrogen (secondary N) is 1. The lowest BCUT2D eigenvalue weighted by Gasteiger charge is -2.32. The molecule has 1 unspecified atom stereocenters. The molecule has 0 spiro atoms. The van der Waals surface area contributed by atoms with Gasteiger partial charge in [0.15, 0.2) is 0 Å². The number of hydrogen-bond acceptors (Lipinski definition) is 6. The minimum Gasteiger partial charge on any atom is -0.508 e. The molecule has 0 bridgehead atoms. The van der Waals surface area contributed by atoms with Crippen molar-refractivity contribution in [1.29, 1.82) is 0 Å². The highest BCUT2D eigenvalue weighted by molar-refractivity contribution is 5.78. The minimum atomic E-state index is -1.73. The van der Waals surface area contributed by atoms with Crippen molar-refractivity contribution in [3.63, 3.8) is 0 Å². The number of benzene rings is 2. The van der Waals surface area contributed by atoms with E-state index in [0.717, 1.165) is 0 Å². The quantitative estimate of drug-likeness (QED) is 0.431. The smallest absolute Gasteiger partial charge is 0.246 e. The van der Waals surface area contributed by atoms with E-state index in [0.29, 0.717) is 5.56 Å². The number of hydrogen-bond donors (Lipinski definition) is 5. The average molecular weight is 329 g/mol. The summed E-state index contributed by atoms with van der Waals surface area (Å²) in [5.74, 6) is -0.326. The maximum Gasteiger partial charge on any atom is 0.246 e. The molecule has 1 amide bonds. The number of hydroxylamine groups is 1. The highest BCUT2D eigenvalue weighted by Crippen LogP contribution is 2.43. The summed E-state index contributed by atoms with van der Waals surface area (Å²) in [5, 5.41) is 38.7. The van der Waals surface area contributed by atoms with Crippen LogP contribution in [0.25, 0.3) is 5.76 Å². The predicted octanol–water partition coefficient (Wildman–Crippen LogP) is 1.61. The van der Waals surface area contributed by atoms with Crippen molar-refractivity contribution >= 4 is 11.7 Å². The molecule has 1 heterocycles. The molecule has 5 N–H and O–H groups in total. The SMILES string of the molecule is O=C(CC1(O)C=C(c2ccc(O)cc2)Oc2cc(O)ccc21)NO. The van der Waals surface area contributed by atoms with Crippen LogP contribution < -0.4 is 10.2 Å². The largest absolute Gasteiger partial charge is 0.508 e. The highest BCUT2D eigenvalue weighted by Gasteiger charge is 2.37. The van der Waals surface area contributed by atoms with E-state index in [9.17, 15) is 20.1 Å². The van der Waals surface area contributed by atoms with E-state index < -0.39 is 17.9 Å². The number of carbonyl (C=O) groups excluding carboxylic acids is 1. The fraction of sp³-hybridized carbons (Fsp3) is 0.118. The number of aromatic hydroxyl groups is 2. The summed E-state index contributed by atoms with van der Waals surface area (Å²) in [5.41, 5.74) is 0.599.